The Bertz CT molecular complexity index is 576. The zero-order valence-electron chi connectivity index (χ0n) is 10.1. The average molecular weight is 258 g/mol. The molecule has 1 unspecified atom stereocenters. The molecule has 18 heavy (non-hydrogen) atoms. The minimum absolute atomic E-state index is 0.123. The number of anilines is 1. The third-order valence-corrected chi connectivity index (χ3v) is 3.66. The van der Waals surface area contributed by atoms with Crippen LogP contribution in [0.15, 0.2) is 40.1 Å². The van der Waals surface area contributed by atoms with E-state index in [1.165, 1.54) is 5.56 Å². The number of benzene rings is 1. The summed E-state index contributed by atoms with van der Waals surface area (Å²) in [7, 11) is 0. The Morgan fingerprint density at radius 3 is 3.06 bits per heavy atom. The highest BCUT2D eigenvalue weighted by Gasteiger charge is 2.30. The van der Waals surface area contributed by atoms with E-state index in [0.29, 0.717) is 12.5 Å². The van der Waals surface area contributed by atoms with Gasteiger partial charge < -0.3 is 10.6 Å². The van der Waals surface area contributed by atoms with E-state index in [2.05, 4.69) is 45.4 Å². The molecule has 1 aromatic carbocycles. The van der Waals surface area contributed by atoms with Crippen molar-refractivity contribution in [3.05, 3.63) is 46.4 Å². The normalized spacial score (nSPS) is 19.1. The Balaban J connectivity index is 1.99. The number of aromatic nitrogens is 1. The quantitative estimate of drug-likeness (QED) is 0.899. The van der Waals surface area contributed by atoms with Crippen molar-refractivity contribution >= 4 is 23.0 Å². The number of guanidine groups is 1. The topological polar surface area (TPSA) is 54.5 Å². The van der Waals surface area contributed by atoms with E-state index in [4.69, 9.17) is 5.73 Å². The van der Waals surface area contributed by atoms with Gasteiger partial charge in [-0.05, 0) is 24.6 Å². The summed E-state index contributed by atoms with van der Waals surface area (Å²) in [5.41, 5.74) is 11.2. The largest absolute Gasteiger partial charge is 0.369 e. The first-order chi connectivity index (χ1) is 8.75. The maximum absolute atomic E-state index is 6.01. The number of aliphatic imine (C=N–C) groups is 1. The lowest BCUT2D eigenvalue weighted by atomic mass is 10.1. The first kappa shape index (κ1) is 11.2. The SMILES string of the molecule is Cc1cccc(N2C(N)=NCC2c2cscn2)c1. The van der Waals surface area contributed by atoms with Crippen LogP contribution in [0.25, 0.3) is 0 Å². The molecule has 1 aliphatic rings. The summed E-state index contributed by atoms with van der Waals surface area (Å²) >= 11 is 1.60. The molecule has 2 heterocycles. The molecule has 0 fully saturated rings. The monoisotopic (exact) mass is 258 g/mol. The Hall–Kier alpha value is -1.88. The summed E-state index contributed by atoms with van der Waals surface area (Å²) in [6.07, 6.45) is 0. The van der Waals surface area contributed by atoms with Gasteiger partial charge in [-0.25, -0.2) is 4.98 Å². The summed E-state index contributed by atoms with van der Waals surface area (Å²) in [6, 6.07) is 8.41. The zero-order valence-corrected chi connectivity index (χ0v) is 10.9. The van der Waals surface area contributed by atoms with Crippen LogP contribution in [0.3, 0.4) is 0 Å². The molecular formula is C13H14N4S. The van der Waals surface area contributed by atoms with E-state index in [1.54, 1.807) is 11.3 Å². The van der Waals surface area contributed by atoms with Crippen LogP contribution in [-0.4, -0.2) is 17.5 Å². The molecule has 0 saturated carbocycles. The Labute approximate surface area is 110 Å². The van der Waals surface area contributed by atoms with Crippen LogP contribution in [0.5, 0.6) is 0 Å². The second kappa shape index (κ2) is 4.42. The van der Waals surface area contributed by atoms with E-state index in [9.17, 15) is 0 Å². The number of nitrogens with two attached hydrogens (primary N) is 1. The van der Waals surface area contributed by atoms with E-state index in [-0.39, 0.29) is 6.04 Å². The molecule has 4 nitrogen and oxygen atoms in total. The molecule has 0 amide bonds. The number of hydrogen-bond donors (Lipinski definition) is 1. The van der Waals surface area contributed by atoms with Gasteiger partial charge in [0, 0.05) is 11.1 Å². The van der Waals surface area contributed by atoms with Crippen LogP contribution in [-0.2, 0) is 0 Å². The molecule has 92 valence electrons. The number of hydrogen-bond acceptors (Lipinski definition) is 5. The molecule has 3 rings (SSSR count). The molecule has 1 aliphatic heterocycles. The molecule has 2 N–H and O–H groups in total. The Morgan fingerprint density at radius 1 is 1.44 bits per heavy atom. The van der Waals surface area contributed by atoms with Crippen LogP contribution in [0.1, 0.15) is 17.3 Å². The summed E-state index contributed by atoms with van der Waals surface area (Å²) in [5.74, 6) is 0.568. The number of rotatable bonds is 2. The van der Waals surface area contributed by atoms with Crippen LogP contribution in [0.2, 0.25) is 0 Å². The molecule has 0 radical (unpaired) electrons. The minimum atomic E-state index is 0.123. The van der Waals surface area contributed by atoms with Crippen LogP contribution in [0, 0.1) is 6.92 Å². The van der Waals surface area contributed by atoms with Gasteiger partial charge in [0.05, 0.1) is 23.8 Å². The van der Waals surface area contributed by atoms with Gasteiger partial charge in [0.15, 0.2) is 5.96 Å². The molecule has 0 saturated heterocycles. The Morgan fingerprint density at radius 2 is 2.33 bits per heavy atom. The zero-order chi connectivity index (χ0) is 12.5. The molecule has 0 aliphatic carbocycles. The van der Waals surface area contributed by atoms with Gasteiger partial charge >= 0.3 is 0 Å². The van der Waals surface area contributed by atoms with Gasteiger partial charge in [-0.1, -0.05) is 12.1 Å². The van der Waals surface area contributed by atoms with Crippen molar-refractivity contribution < 1.29 is 0 Å². The molecular weight excluding hydrogens is 244 g/mol. The second-order valence-corrected chi connectivity index (χ2v) is 5.06. The fraction of sp³-hybridized carbons (Fsp3) is 0.231. The highest BCUT2D eigenvalue weighted by atomic mass is 32.1. The van der Waals surface area contributed by atoms with Crippen LogP contribution >= 0.6 is 11.3 Å². The predicted octanol–water partition coefficient (Wildman–Crippen LogP) is 2.33. The van der Waals surface area contributed by atoms with Crippen LogP contribution < -0.4 is 10.6 Å². The molecule has 0 spiro atoms. The third kappa shape index (κ3) is 1.86. The highest BCUT2D eigenvalue weighted by molar-refractivity contribution is 7.07. The van der Waals surface area contributed by atoms with Crippen molar-refractivity contribution in [3.63, 3.8) is 0 Å². The van der Waals surface area contributed by atoms with Gasteiger partial charge in [0.2, 0.25) is 0 Å². The molecule has 0 bridgehead atoms. The lowest BCUT2D eigenvalue weighted by Crippen LogP contribution is -2.36. The van der Waals surface area contributed by atoms with E-state index in [0.717, 1.165) is 11.4 Å². The Kier molecular flexibility index (Phi) is 2.76. The summed E-state index contributed by atoms with van der Waals surface area (Å²) in [5, 5.41) is 2.06. The number of aryl methyl sites for hydroxylation is 1. The molecule has 1 aromatic heterocycles. The van der Waals surface area contributed by atoms with E-state index in [1.807, 2.05) is 11.6 Å². The smallest absolute Gasteiger partial charge is 0.196 e. The summed E-state index contributed by atoms with van der Waals surface area (Å²) < 4.78 is 0. The van der Waals surface area contributed by atoms with Crippen molar-refractivity contribution in [3.8, 4) is 0 Å². The van der Waals surface area contributed by atoms with Crippen molar-refractivity contribution in [2.45, 2.75) is 13.0 Å². The molecule has 2 aromatic rings. The third-order valence-electron chi connectivity index (χ3n) is 3.06. The van der Waals surface area contributed by atoms with Gasteiger partial charge in [0.25, 0.3) is 0 Å². The van der Waals surface area contributed by atoms with Gasteiger partial charge in [-0.15, -0.1) is 11.3 Å². The lowest BCUT2D eigenvalue weighted by molar-refractivity contribution is 0.746. The van der Waals surface area contributed by atoms with E-state index < -0.39 is 0 Å². The molecule has 1 atom stereocenters. The number of nitrogens with zero attached hydrogens (tertiary/aromatic N) is 3. The summed E-state index contributed by atoms with van der Waals surface area (Å²) in [6.45, 7) is 2.74. The number of thiazole rings is 1. The highest BCUT2D eigenvalue weighted by Crippen LogP contribution is 2.31. The molecule has 5 heteroatoms. The predicted molar refractivity (Wildman–Crippen MR) is 75.0 cm³/mol. The van der Waals surface area contributed by atoms with Gasteiger partial charge in [-0.3, -0.25) is 4.99 Å². The van der Waals surface area contributed by atoms with Crippen molar-refractivity contribution in [2.75, 3.05) is 11.4 Å². The fourth-order valence-corrected chi connectivity index (χ4v) is 2.80. The first-order valence-corrected chi connectivity index (χ1v) is 6.74. The van der Waals surface area contributed by atoms with Crippen molar-refractivity contribution in [1.82, 2.24) is 4.98 Å². The average Bonchev–Trinajstić information content (AvgIpc) is 2.97. The van der Waals surface area contributed by atoms with Crippen molar-refractivity contribution in [1.29, 1.82) is 0 Å². The van der Waals surface area contributed by atoms with E-state index >= 15 is 0 Å². The maximum atomic E-state index is 6.01. The lowest BCUT2D eigenvalue weighted by Gasteiger charge is -2.25. The van der Waals surface area contributed by atoms with Crippen LogP contribution in [0.4, 0.5) is 5.69 Å². The first-order valence-electron chi connectivity index (χ1n) is 5.79. The van der Waals surface area contributed by atoms with Crippen molar-refractivity contribution in [2.24, 2.45) is 10.7 Å². The maximum Gasteiger partial charge on any atom is 0.196 e. The summed E-state index contributed by atoms with van der Waals surface area (Å²) in [4.78, 5) is 10.8. The van der Waals surface area contributed by atoms with Gasteiger partial charge in [-0.2, -0.15) is 0 Å². The fourth-order valence-electron chi connectivity index (χ4n) is 2.20. The minimum Gasteiger partial charge on any atom is -0.369 e. The standard InChI is InChI=1S/C13H14N4S/c1-9-3-2-4-10(5-9)17-12(6-15-13(17)14)11-7-18-8-16-11/h2-5,7-8,12H,6H2,1H3,(H2,14,15). The van der Waals surface area contributed by atoms with Gasteiger partial charge in [0.1, 0.15) is 0 Å². The second-order valence-electron chi connectivity index (χ2n) is 4.34.